The molecule has 0 atom stereocenters. The molecule has 3 rings (SSSR count). The maximum absolute atomic E-state index is 5.67. The van der Waals surface area contributed by atoms with E-state index in [1.807, 2.05) is 25.4 Å². The van der Waals surface area contributed by atoms with Crippen molar-refractivity contribution in [2.75, 3.05) is 12.0 Å². The highest BCUT2D eigenvalue weighted by molar-refractivity contribution is 6.01. The number of nitrogens with one attached hydrogen (secondary N) is 1. The van der Waals surface area contributed by atoms with Gasteiger partial charge in [0.15, 0.2) is 0 Å². The Morgan fingerprint density at radius 3 is 3.00 bits per heavy atom. The lowest BCUT2D eigenvalue weighted by Gasteiger charge is -2.14. The molecule has 1 N–H and O–H groups in total. The smallest absolute Gasteiger partial charge is 0.238 e. The fraction of sp³-hybridized carbons (Fsp3) is 0.263. The van der Waals surface area contributed by atoms with Gasteiger partial charge in [0, 0.05) is 18.8 Å². The maximum Gasteiger partial charge on any atom is 0.238 e. The van der Waals surface area contributed by atoms with Gasteiger partial charge in [-0.1, -0.05) is 44.2 Å². The summed E-state index contributed by atoms with van der Waals surface area (Å²) < 4.78 is 7.39. The van der Waals surface area contributed by atoms with Gasteiger partial charge in [0.05, 0.1) is 11.9 Å². The number of rotatable bonds is 4. The summed E-state index contributed by atoms with van der Waals surface area (Å²) in [6, 6.07) is 8.53. The number of hydrazone groups is 1. The predicted octanol–water partition coefficient (Wildman–Crippen LogP) is 3.94. The van der Waals surface area contributed by atoms with E-state index >= 15 is 0 Å². The number of benzene rings is 1. The molecular weight excluding hydrogens is 300 g/mol. The molecule has 1 aromatic heterocycles. The molecule has 1 aliphatic heterocycles. The van der Waals surface area contributed by atoms with Gasteiger partial charge in [-0.05, 0) is 29.2 Å². The lowest BCUT2D eigenvalue weighted by Crippen LogP contribution is -2.13. The van der Waals surface area contributed by atoms with Gasteiger partial charge in [-0.15, -0.1) is 5.10 Å². The summed E-state index contributed by atoms with van der Waals surface area (Å²) in [5.41, 5.74) is 7.21. The van der Waals surface area contributed by atoms with E-state index in [0.717, 1.165) is 16.8 Å². The minimum absolute atomic E-state index is 0.502. The van der Waals surface area contributed by atoms with Gasteiger partial charge in [0.25, 0.3) is 0 Å². The van der Waals surface area contributed by atoms with Crippen molar-refractivity contribution in [2.45, 2.75) is 19.8 Å². The third kappa shape index (κ3) is 3.93. The van der Waals surface area contributed by atoms with Crippen molar-refractivity contribution in [1.82, 2.24) is 9.78 Å². The average molecular weight is 322 g/mol. The monoisotopic (exact) mass is 322 g/mol. The molecule has 0 fully saturated rings. The highest BCUT2D eigenvalue weighted by Crippen LogP contribution is 2.19. The molecule has 0 radical (unpaired) electrons. The summed E-state index contributed by atoms with van der Waals surface area (Å²) in [7, 11) is 1.87. The van der Waals surface area contributed by atoms with Crippen molar-refractivity contribution >= 4 is 17.7 Å². The molecule has 24 heavy (non-hydrogen) atoms. The van der Waals surface area contributed by atoms with Gasteiger partial charge in [0.1, 0.15) is 6.61 Å². The third-order valence-corrected chi connectivity index (χ3v) is 3.75. The lowest BCUT2D eigenvalue weighted by molar-refractivity contribution is 0.346. The second-order valence-electron chi connectivity index (χ2n) is 6.07. The van der Waals surface area contributed by atoms with E-state index < -0.39 is 0 Å². The first-order chi connectivity index (χ1) is 11.6. The maximum atomic E-state index is 5.67. The summed E-state index contributed by atoms with van der Waals surface area (Å²) in [6.07, 6.45) is 9.69. The Morgan fingerprint density at radius 1 is 1.38 bits per heavy atom. The molecule has 0 bridgehead atoms. The quantitative estimate of drug-likeness (QED) is 0.868. The molecule has 2 aromatic rings. The first-order valence-electron chi connectivity index (χ1n) is 8.05. The summed E-state index contributed by atoms with van der Waals surface area (Å²) in [6.45, 7) is 4.91. The predicted molar refractivity (Wildman–Crippen MR) is 97.9 cm³/mol. The van der Waals surface area contributed by atoms with E-state index in [9.17, 15) is 0 Å². The molecule has 1 aromatic carbocycles. The number of aromatic nitrogens is 2. The summed E-state index contributed by atoms with van der Waals surface area (Å²) in [4.78, 5) is 0. The molecule has 0 amide bonds. The molecule has 5 nitrogen and oxygen atoms in total. The van der Waals surface area contributed by atoms with Gasteiger partial charge < -0.3 is 4.74 Å². The normalized spacial score (nSPS) is 17.5. The topological polar surface area (TPSA) is 51.4 Å². The zero-order valence-corrected chi connectivity index (χ0v) is 14.2. The van der Waals surface area contributed by atoms with Crippen LogP contribution in [-0.2, 0) is 11.8 Å². The molecule has 5 heteroatoms. The van der Waals surface area contributed by atoms with Crippen molar-refractivity contribution < 1.29 is 4.74 Å². The Bertz CT molecular complexity index is 799. The van der Waals surface area contributed by atoms with Crippen molar-refractivity contribution in [3.63, 3.8) is 0 Å². The molecule has 1 aliphatic rings. The van der Waals surface area contributed by atoms with Gasteiger partial charge >= 0.3 is 0 Å². The van der Waals surface area contributed by atoms with Crippen molar-refractivity contribution in [3.8, 4) is 0 Å². The number of nitrogens with zero attached hydrogens (tertiary/aromatic N) is 3. The van der Waals surface area contributed by atoms with E-state index in [4.69, 9.17) is 4.74 Å². The number of hydrogen-bond donors (Lipinski definition) is 1. The molecule has 2 heterocycles. The fourth-order valence-electron chi connectivity index (χ4n) is 2.45. The van der Waals surface area contributed by atoms with Crippen LogP contribution in [0.1, 0.15) is 30.9 Å². The van der Waals surface area contributed by atoms with E-state index in [1.165, 1.54) is 5.56 Å². The van der Waals surface area contributed by atoms with Crippen LogP contribution in [0.2, 0.25) is 0 Å². The number of hydrogen-bond acceptors (Lipinski definition) is 4. The Morgan fingerprint density at radius 2 is 2.25 bits per heavy atom. The van der Waals surface area contributed by atoms with Crippen LogP contribution < -0.4 is 5.43 Å². The van der Waals surface area contributed by atoms with E-state index in [1.54, 1.807) is 10.9 Å². The van der Waals surface area contributed by atoms with Crippen LogP contribution in [0.3, 0.4) is 0 Å². The largest absolute Gasteiger partial charge is 0.472 e. The van der Waals surface area contributed by atoms with Crippen molar-refractivity contribution in [1.29, 1.82) is 0 Å². The molecule has 0 unspecified atom stereocenters. The fourth-order valence-corrected chi connectivity index (χ4v) is 2.45. The van der Waals surface area contributed by atoms with Crippen LogP contribution in [0.15, 0.2) is 59.5 Å². The summed E-state index contributed by atoms with van der Waals surface area (Å²) in [5.74, 6) is 1.08. The standard InChI is InChI=1S/C19H22N4O/c1-14(2)16-7-4-6-15(10-16)11-17-8-5-9-24-19(17)22-21-18-12-20-23(3)13-18/h4-8,10-14,21H,9H2,1-3H3. The molecule has 0 saturated heterocycles. The second kappa shape index (κ2) is 7.17. The molecule has 0 spiro atoms. The first kappa shape index (κ1) is 16.1. The SMILES string of the molecule is CC(C)c1cccc(C=C2C=CCOC2=NNc2cnn(C)c2)c1. The van der Waals surface area contributed by atoms with Crippen LogP contribution in [-0.4, -0.2) is 22.3 Å². The number of anilines is 1. The Hall–Kier alpha value is -2.82. The zero-order valence-electron chi connectivity index (χ0n) is 14.2. The van der Waals surface area contributed by atoms with Crippen LogP contribution >= 0.6 is 0 Å². The summed E-state index contributed by atoms with van der Waals surface area (Å²) in [5, 5.41) is 8.48. The summed E-state index contributed by atoms with van der Waals surface area (Å²) >= 11 is 0. The molecule has 0 aliphatic carbocycles. The minimum Gasteiger partial charge on any atom is -0.472 e. The van der Waals surface area contributed by atoms with Crippen LogP contribution in [0.4, 0.5) is 5.69 Å². The lowest BCUT2D eigenvalue weighted by atomic mass is 9.99. The number of aryl methyl sites for hydroxylation is 1. The van der Waals surface area contributed by atoms with Gasteiger partial charge in [-0.3, -0.25) is 10.1 Å². The highest BCUT2D eigenvalue weighted by Gasteiger charge is 2.11. The first-order valence-corrected chi connectivity index (χ1v) is 8.05. The van der Waals surface area contributed by atoms with Crippen LogP contribution in [0, 0.1) is 0 Å². The van der Waals surface area contributed by atoms with Crippen molar-refractivity contribution in [2.24, 2.45) is 12.1 Å². The van der Waals surface area contributed by atoms with Gasteiger partial charge in [0.2, 0.25) is 5.90 Å². The Kier molecular flexibility index (Phi) is 4.79. The highest BCUT2D eigenvalue weighted by atomic mass is 16.5. The molecule has 124 valence electrons. The van der Waals surface area contributed by atoms with E-state index in [-0.39, 0.29) is 0 Å². The van der Waals surface area contributed by atoms with Gasteiger partial charge in [-0.25, -0.2) is 0 Å². The van der Waals surface area contributed by atoms with Crippen LogP contribution in [0.25, 0.3) is 6.08 Å². The van der Waals surface area contributed by atoms with Crippen LogP contribution in [0.5, 0.6) is 0 Å². The second-order valence-corrected chi connectivity index (χ2v) is 6.07. The molecule has 0 saturated carbocycles. The Labute approximate surface area is 142 Å². The molecular formula is C19H22N4O. The Balaban J connectivity index is 1.84. The van der Waals surface area contributed by atoms with E-state index in [2.05, 4.69) is 59.8 Å². The minimum atomic E-state index is 0.502. The third-order valence-electron chi connectivity index (χ3n) is 3.75. The van der Waals surface area contributed by atoms with Crippen molar-refractivity contribution in [3.05, 3.63) is 65.5 Å². The zero-order chi connectivity index (χ0) is 16.9. The average Bonchev–Trinajstić information content (AvgIpc) is 3.00. The van der Waals surface area contributed by atoms with E-state index in [0.29, 0.717) is 18.4 Å². The number of ether oxygens (including phenoxy) is 1. The van der Waals surface area contributed by atoms with Gasteiger partial charge in [-0.2, -0.15) is 5.10 Å².